The van der Waals surface area contributed by atoms with Gasteiger partial charge < -0.3 is 10.6 Å². The molecule has 7 nitrogen and oxygen atoms in total. The molecule has 3 aromatic rings. The molecule has 0 spiro atoms. The van der Waals surface area contributed by atoms with Crippen molar-refractivity contribution in [1.82, 2.24) is 14.6 Å². The number of rotatable bonds is 5. The van der Waals surface area contributed by atoms with E-state index < -0.39 is 21.8 Å². The number of sulfonamides is 1. The molecule has 0 saturated carbocycles. The van der Waals surface area contributed by atoms with Crippen molar-refractivity contribution in [1.29, 1.82) is 0 Å². The van der Waals surface area contributed by atoms with Crippen LogP contribution in [0.15, 0.2) is 65.7 Å². The van der Waals surface area contributed by atoms with Crippen LogP contribution in [0, 0.1) is 0 Å². The molecule has 2 aliphatic rings. The van der Waals surface area contributed by atoms with Crippen molar-refractivity contribution in [2.24, 2.45) is 0 Å². The van der Waals surface area contributed by atoms with E-state index in [4.69, 9.17) is 0 Å². The molecule has 1 amide bonds. The monoisotopic (exact) mass is 530 g/mol. The van der Waals surface area contributed by atoms with Gasteiger partial charge >= 0.3 is 6.18 Å². The van der Waals surface area contributed by atoms with Crippen LogP contribution >= 0.6 is 0 Å². The molecule has 2 N–H and O–H groups in total. The summed E-state index contributed by atoms with van der Waals surface area (Å²) in [7, 11) is -3.69. The number of hydrogen-bond acceptors (Lipinski definition) is 5. The molecule has 0 bridgehead atoms. The molecule has 37 heavy (non-hydrogen) atoms. The van der Waals surface area contributed by atoms with E-state index in [-0.39, 0.29) is 29.9 Å². The second-order valence-corrected chi connectivity index (χ2v) is 11.1. The fourth-order valence-corrected chi connectivity index (χ4v) is 6.14. The van der Waals surface area contributed by atoms with E-state index >= 15 is 0 Å². The first kappa shape index (κ1) is 25.2. The lowest BCUT2D eigenvalue weighted by Crippen LogP contribution is -2.42. The Labute approximate surface area is 212 Å². The largest absolute Gasteiger partial charge is 0.417 e. The number of halogens is 3. The van der Waals surface area contributed by atoms with Crippen molar-refractivity contribution in [3.8, 4) is 11.1 Å². The van der Waals surface area contributed by atoms with Gasteiger partial charge in [0.25, 0.3) is 5.91 Å². The van der Waals surface area contributed by atoms with E-state index in [1.54, 1.807) is 30.3 Å². The third kappa shape index (κ3) is 5.33. The highest BCUT2D eigenvalue weighted by atomic mass is 32.2. The Balaban J connectivity index is 1.22. The van der Waals surface area contributed by atoms with E-state index in [1.165, 1.54) is 10.4 Å². The number of fused-ring (bicyclic) bond motifs is 1. The van der Waals surface area contributed by atoms with Gasteiger partial charge in [-0.2, -0.15) is 17.5 Å². The minimum atomic E-state index is -4.44. The number of carbonyl (C=O) groups is 1. The third-order valence-electron chi connectivity index (χ3n) is 6.75. The highest BCUT2D eigenvalue weighted by Gasteiger charge is 2.32. The number of nitrogens with one attached hydrogen (secondary N) is 2. The average Bonchev–Trinajstić information content (AvgIpc) is 2.89. The maximum Gasteiger partial charge on any atom is 0.417 e. The lowest BCUT2D eigenvalue weighted by Gasteiger charge is -2.32. The van der Waals surface area contributed by atoms with Crippen LogP contribution in [0.25, 0.3) is 11.1 Å². The molecule has 1 aromatic heterocycles. The molecule has 194 valence electrons. The molecule has 2 aliphatic heterocycles. The first-order valence-corrected chi connectivity index (χ1v) is 13.4. The minimum absolute atomic E-state index is 0.0798. The molecule has 0 aliphatic carbocycles. The smallest absolute Gasteiger partial charge is 0.367 e. The second-order valence-electron chi connectivity index (χ2n) is 9.15. The molecular weight excluding hydrogens is 505 g/mol. The van der Waals surface area contributed by atoms with Gasteiger partial charge in [0.1, 0.15) is 5.82 Å². The van der Waals surface area contributed by atoms with Crippen LogP contribution in [-0.4, -0.2) is 49.3 Å². The molecule has 0 radical (unpaired) electrons. The van der Waals surface area contributed by atoms with Crippen molar-refractivity contribution in [3.05, 3.63) is 77.5 Å². The van der Waals surface area contributed by atoms with Crippen molar-refractivity contribution < 1.29 is 26.4 Å². The van der Waals surface area contributed by atoms with Gasteiger partial charge in [-0.3, -0.25) is 4.79 Å². The lowest BCUT2D eigenvalue weighted by molar-refractivity contribution is -0.137. The Morgan fingerprint density at radius 1 is 0.973 bits per heavy atom. The summed E-state index contributed by atoms with van der Waals surface area (Å²) in [4.78, 5) is 16.0. The average molecular weight is 531 g/mol. The Morgan fingerprint density at radius 2 is 1.68 bits per heavy atom. The molecule has 11 heteroatoms. The Bertz CT molecular complexity index is 1400. The van der Waals surface area contributed by atoms with Gasteiger partial charge in [0.2, 0.25) is 10.0 Å². The number of benzene rings is 2. The summed E-state index contributed by atoms with van der Waals surface area (Å²) >= 11 is 0. The summed E-state index contributed by atoms with van der Waals surface area (Å²) in [6, 6.07) is 14.5. The Morgan fingerprint density at radius 3 is 2.32 bits per heavy atom. The maximum atomic E-state index is 13.2. The van der Waals surface area contributed by atoms with Gasteiger partial charge in [-0.15, -0.1) is 0 Å². The highest BCUT2D eigenvalue weighted by Crippen LogP contribution is 2.30. The van der Waals surface area contributed by atoms with Crippen molar-refractivity contribution in [3.63, 3.8) is 0 Å². The SMILES string of the molecule is O=C1NCCc2cc(-c3ccc(S(=O)(=O)N4CCC(Nc5ccc(C(F)(F)F)cn5)CC4)cc3)ccc21. The van der Waals surface area contributed by atoms with Crippen molar-refractivity contribution >= 4 is 21.7 Å². The predicted molar refractivity (Wildman–Crippen MR) is 133 cm³/mol. The number of anilines is 1. The van der Waals surface area contributed by atoms with Gasteiger partial charge in [0.15, 0.2) is 0 Å². The van der Waals surface area contributed by atoms with E-state index in [1.807, 2.05) is 12.1 Å². The first-order valence-electron chi connectivity index (χ1n) is 11.9. The number of carbonyl (C=O) groups excluding carboxylic acids is 1. The summed E-state index contributed by atoms with van der Waals surface area (Å²) < 4.78 is 66.0. The van der Waals surface area contributed by atoms with Gasteiger partial charge in [0.05, 0.1) is 10.5 Å². The van der Waals surface area contributed by atoms with E-state index in [0.717, 1.165) is 35.4 Å². The van der Waals surface area contributed by atoms with Crippen LogP contribution in [-0.2, 0) is 22.6 Å². The molecule has 1 fully saturated rings. The molecular formula is C26H25F3N4O3S. The third-order valence-corrected chi connectivity index (χ3v) is 8.66. The van der Waals surface area contributed by atoms with Crippen molar-refractivity contribution in [2.45, 2.75) is 36.4 Å². The van der Waals surface area contributed by atoms with E-state index in [2.05, 4.69) is 15.6 Å². The predicted octanol–water partition coefficient (Wildman–Crippen LogP) is 4.32. The summed E-state index contributed by atoms with van der Waals surface area (Å²) in [5.41, 5.74) is 2.60. The first-order chi connectivity index (χ1) is 17.6. The Hall–Kier alpha value is -3.44. The molecule has 5 rings (SSSR count). The van der Waals surface area contributed by atoms with Gasteiger partial charge in [-0.1, -0.05) is 24.3 Å². The number of hydrogen-bond donors (Lipinski definition) is 2. The van der Waals surface area contributed by atoms with E-state index in [9.17, 15) is 26.4 Å². The highest BCUT2D eigenvalue weighted by molar-refractivity contribution is 7.89. The summed E-state index contributed by atoms with van der Waals surface area (Å²) in [5.74, 6) is 0.247. The number of alkyl halides is 3. The van der Waals surface area contributed by atoms with E-state index in [0.29, 0.717) is 30.8 Å². The van der Waals surface area contributed by atoms with Gasteiger partial charge in [-0.05, 0) is 66.3 Å². The van der Waals surface area contributed by atoms with Crippen LogP contribution in [0.5, 0.6) is 0 Å². The van der Waals surface area contributed by atoms with Crippen LogP contribution in [0.2, 0.25) is 0 Å². The summed E-state index contributed by atoms with van der Waals surface area (Å²) in [6.45, 7) is 1.17. The van der Waals surface area contributed by atoms with Crippen LogP contribution in [0.4, 0.5) is 19.0 Å². The van der Waals surface area contributed by atoms with Gasteiger partial charge in [0, 0.05) is 37.4 Å². The van der Waals surface area contributed by atoms with Crippen molar-refractivity contribution in [2.75, 3.05) is 25.0 Å². The molecule has 2 aromatic carbocycles. The number of pyridine rings is 1. The molecule has 3 heterocycles. The summed E-state index contributed by atoms with van der Waals surface area (Å²) in [5, 5.41) is 5.92. The fourth-order valence-electron chi connectivity index (χ4n) is 4.67. The molecule has 1 saturated heterocycles. The molecule has 0 unspecified atom stereocenters. The number of aromatic nitrogens is 1. The van der Waals surface area contributed by atoms with Crippen LogP contribution in [0.1, 0.15) is 34.3 Å². The van der Waals surface area contributed by atoms with Crippen LogP contribution in [0.3, 0.4) is 0 Å². The minimum Gasteiger partial charge on any atom is -0.367 e. The quantitative estimate of drug-likeness (QED) is 0.513. The lowest BCUT2D eigenvalue weighted by atomic mass is 9.95. The van der Waals surface area contributed by atoms with Gasteiger partial charge in [-0.25, -0.2) is 13.4 Å². The normalized spacial score (nSPS) is 17.2. The summed E-state index contributed by atoms with van der Waals surface area (Å²) in [6.07, 6.45) is -1.90. The standard InChI is InChI=1S/C26H25F3N4O3S/c27-26(28,29)20-4-8-24(31-16-20)32-21-10-13-33(14-11-21)37(35,36)22-5-1-17(2-6-22)18-3-7-23-19(15-18)9-12-30-25(23)34/h1-8,15-16,21H,9-14H2,(H,30,34)(H,31,32). The molecule has 0 atom stereocenters. The number of nitrogens with zero attached hydrogens (tertiary/aromatic N) is 2. The topological polar surface area (TPSA) is 91.4 Å². The fraction of sp³-hybridized carbons (Fsp3) is 0.308. The zero-order chi connectivity index (χ0) is 26.2. The number of amides is 1. The Kier molecular flexibility index (Phi) is 6.67. The second kappa shape index (κ2) is 9.79. The van der Waals surface area contributed by atoms with Crippen LogP contribution < -0.4 is 10.6 Å². The zero-order valence-corrected chi connectivity index (χ0v) is 20.6. The maximum absolute atomic E-state index is 13.2. The number of piperidine rings is 1. The zero-order valence-electron chi connectivity index (χ0n) is 19.8.